The van der Waals surface area contributed by atoms with Gasteiger partial charge in [0.15, 0.2) is 0 Å². The maximum Gasteiger partial charge on any atom is 0.270 e. The largest absolute Gasteiger partial charge is 0.367 e. The molecule has 10 heteroatoms. The van der Waals surface area contributed by atoms with E-state index >= 15 is 0 Å². The van der Waals surface area contributed by atoms with Crippen LogP contribution in [0.4, 0.5) is 5.82 Å². The molecule has 0 spiro atoms. The standard InChI is InChI=1S/C25H33N7O3/c1-26-24(33)18-6-8-20(9-7-18)30-23-12-22(28-16-29-23)25(34)27-13-21(31-35)15-32-11-10-17-4-2-3-5-19(17)14-32/h2-5,12,16,18,20-21H,6-11,13-15H2,1H3,(H,26,33)(H,27,34)(H,28,29,30)/t18-,20+,21?. The Balaban J connectivity index is 1.25. The molecule has 186 valence electrons. The SMILES string of the molecule is CNC(=O)[C@H]1CC[C@@H](Nc2cc(C(=O)NCC(CN3CCc4ccccc4C3)N=O)ncn2)CC1. The van der Waals surface area contributed by atoms with Crippen LogP contribution in [0.2, 0.25) is 0 Å². The van der Waals surface area contributed by atoms with E-state index < -0.39 is 6.04 Å². The smallest absolute Gasteiger partial charge is 0.270 e. The Bertz CT molecular complexity index is 1040. The topological polar surface area (TPSA) is 129 Å². The molecule has 1 unspecified atom stereocenters. The first kappa shape index (κ1) is 24.7. The third kappa shape index (κ3) is 6.60. The van der Waals surface area contributed by atoms with E-state index in [0.717, 1.165) is 45.2 Å². The van der Waals surface area contributed by atoms with E-state index in [-0.39, 0.29) is 36.0 Å². The summed E-state index contributed by atoms with van der Waals surface area (Å²) in [7, 11) is 1.67. The van der Waals surface area contributed by atoms with Crippen LogP contribution in [-0.2, 0) is 17.8 Å². The van der Waals surface area contributed by atoms with Gasteiger partial charge < -0.3 is 16.0 Å². The third-order valence-corrected chi connectivity index (χ3v) is 6.92. The van der Waals surface area contributed by atoms with E-state index in [9.17, 15) is 14.5 Å². The summed E-state index contributed by atoms with van der Waals surface area (Å²) in [5, 5.41) is 12.1. The van der Waals surface area contributed by atoms with Crippen LogP contribution in [-0.4, -0.2) is 65.4 Å². The molecule has 1 atom stereocenters. The summed E-state index contributed by atoms with van der Waals surface area (Å²) in [5.41, 5.74) is 2.86. The summed E-state index contributed by atoms with van der Waals surface area (Å²) < 4.78 is 0. The van der Waals surface area contributed by atoms with Crippen molar-refractivity contribution in [3.8, 4) is 0 Å². The average molecular weight is 480 g/mol. The zero-order valence-corrected chi connectivity index (χ0v) is 20.1. The molecule has 2 aliphatic rings. The van der Waals surface area contributed by atoms with E-state index in [2.05, 4.69) is 48.1 Å². The molecule has 2 aromatic rings. The molecule has 0 saturated heterocycles. The van der Waals surface area contributed by atoms with Crippen molar-refractivity contribution in [3.05, 3.63) is 58.4 Å². The number of amides is 2. The van der Waals surface area contributed by atoms with Crippen molar-refractivity contribution < 1.29 is 9.59 Å². The van der Waals surface area contributed by atoms with Crippen LogP contribution in [0.15, 0.2) is 41.8 Å². The quantitative estimate of drug-likeness (QED) is 0.470. The van der Waals surface area contributed by atoms with Crippen molar-refractivity contribution in [1.82, 2.24) is 25.5 Å². The minimum Gasteiger partial charge on any atom is -0.367 e. The minimum atomic E-state index is -0.542. The molecule has 35 heavy (non-hydrogen) atoms. The molecule has 2 heterocycles. The normalized spacial score (nSPS) is 20.8. The van der Waals surface area contributed by atoms with Gasteiger partial charge in [-0.3, -0.25) is 14.5 Å². The number of hydrogen-bond acceptors (Lipinski definition) is 8. The highest BCUT2D eigenvalue weighted by Crippen LogP contribution is 2.26. The lowest BCUT2D eigenvalue weighted by Crippen LogP contribution is -2.41. The summed E-state index contributed by atoms with van der Waals surface area (Å²) in [5.74, 6) is 0.364. The fourth-order valence-electron chi connectivity index (χ4n) is 4.92. The number of carbonyl (C=O) groups is 2. The lowest BCUT2D eigenvalue weighted by molar-refractivity contribution is -0.125. The Kier molecular flexibility index (Phi) is 8.36. The summed E-state index contributed by atoms with van der Waals surface area (Å²) in [6.45, 7) is 2.29. The van der Waals surface area contributed by atoms with Gasteiger partial charge in [0.05, 0.1) is 0 Å². The van der Waals surface area contributed by atoms with Crippen LogP contribution in [0.3, 0.4) is 0 Å². The molecule has 0 radical (unpaired) electrons. The van der Waals surface area contributed by atoms with Gasteiger partial charge in [0.1, 0.15) is 23.9 Å². The molecule has 1 aliphatic carbocycles. The predicted molar refractivity (Wildman–Crippen MR) is 133 cm³/mol. The van der Waals surface area contributed by atoms with Gasteiger partial charge in [0, 0.05) is 51.3 Å². The second-order valence-corrected chi connectivity index (χ2v) is 9.32. The first-order chi connectivity index (χ1) is 17.1. The molecular formula is C25H33N7O3. The molecule has 10 nitrogen and oxygen atoms in total. The van der Waals surface area contributed by atoms with Crippen LogP contribution >= 0.6 is 0 Å². The van der Waals surface area contributed by atoms with Gasteiger partial charge in [-0.15, -0.1) is 0 Å². The second-order valence-electron chi connectivity index (χ2n) is 9.32. The number of benzene rings is 1. The fourth-order valence-corrected chi connectivity index (χ4v) is 4.92. The summed E-state index contributed by atoms with van der Waals surface area (Å²) in [6.07, 6.45) is 5.65. The maximum atomic E-state index is 12.7. The molecule has 1 aromatic heterocycles. The van der Waals surface area contributed by atoms with Gasteiger partial charge in [-0.05, 0) is 43.2 Å². The zero-order chi connectivity index (χ0) is 24.6. The van der Waals surface area contributed by atoms with Crippen molar-refractivity contribution in [1.29, 1.82) is 0 Å². The molecule has 1 aromatic carbocycles. The minimum absolute atomic E-state index is 0.0591. The lowest BCUT2D eigenvalue weighted by Gasteiger charge is -2.30. The van der Waals surface area contributed by atoms with Gasteiger partial charge in [-0.1, -0.05) is 29.4 Å². The highest BCUT2D eigenvalue weighted by atomic mass is 16.3. The highest BCUT2D eigenvalue weighted by molar-refractivity contribution is 5.92. The molecule has 0 bridgehead atoms. The summed E-state index contributed by atoms with van der Waals surface area (Å²) in [4.78, 5) is 46.5. The van der Waals surface area contributed by atoms with Crippen LogP contribution in [0, 0.1) is 10.8 Å². The molecule has 2 amide bonds. The number of rotatable bonds is 9. The van der Waals surface area contributed by atoms with Crippen LogP contribution < -0.4 is 16.0 Å². The first-order valence-electron chi connectivity index (χ1n) is 12.3. The van der Waals surface area contributed by atoms with E-state index in [1.165, 1.54) is 17.5 Å². The van der Waals surface area contributed by atoms with E-state index in [1.54, 1.807) is 13.1 Å². The molecule has 1 aliphatic heterocycles. The molecule has 1 saturated carbocycles. The molecule has 4 rings (SSSR count). The number of nitrogens with one attached hydrogen (secondary N) is 3. The van der Waals surface area contributed by atoms with Gasteiger partial charge in [-0.25, -0.2) is 9.97 Å². The average Bonchev–Trinajstić information content (AvgIpc) is 2.90. The van der Waals surface area contributed by atoms with Crippen molar-refractivity contribution >= 4 is 17.6 Å². The van der Waals surface area contributed by atoms with E-state index in [1.807, 2.05) is 12.1 Å². The number of aromatic nitrogens is 2. The van der Waals surface area contributed by atoms with Crippen molar-refractivity contribution in [2.24, 2.45) is 11.1 Å². The third-order valence-electron chi connectivity index (χ3n) is 6.92. The van der Waals surface area contributed by atoms with Gasteiger partial charge in [0.25, 0.3) is 5.91 Å². The van der Waals surface area contributed by atoms with Crippen molar-refractivity contribution in [2.45, 2.75) is 50.7 Å². The van der Waals surface area contributed by atoms with Crippen LogP contribution in [0.5, 0.6) is 0 Å². The number of nitroso groups, excluding NO2 is 1. The zero-order valence-electron chi connectivity index (χ0n) is 20.1. The Hall–Kier alpha value is -3.40. The summed E-state index contributed by atoms with van der Waals surface area (Å²) >= 11 is 0. The molecule has 1 fully saturated rings. The van der Waals surface area contributed by atoms with Gasteiger partial charge >= 0.3 is 0 Å². The van der Waals surface area contributed by atoms with E-state index in [0.29, 0.717) is 12.4 Å². The van der Waals surface area contributed by atoms with Crippen LogP contribution in [0.1, 0.15) is 47.3 Å². The van der Waals surface area contributed by atoms with Crippen LogP contribution in [0.25, 0.3) is 0 Å². The fraction of sp³-hybridized carbons (Fsp3) is 0.520. The maximum absolute atomic E-state index is 12.7. The number of nitrogens with zero attached hydrogens (tertiary/aromatic N) is 4. The molecule has 3 N–H and O–H groups in total. The monoisotopic (exact) mass is 479 g/mol. The Morgan fingerprint density at radius 1 is 1.14 bits per heavy atom. The number of hydrogen-bond donors (Lipinski definition) is 3. The number of carbonyl (C=O) groups excluding carboxylic acids is 2. The Morgan fingerprint density at radius 3 is 2.66 bits per heavy atom. The number of fused-ring (bicyclic) bond motifs is 1. The van der Waals surface area contributed by atoms with E-state index in [4.69, 9.17) is 0 Å². The Morgan fingerprint density at radius 2 is 1.91 bits per heavy atom. The summed E-state index contributed by atoms with van der Waals surface area (Å²) in [6, 6.07) is 9.60. The van der Waals surface area contributed by atoms with Gasteiger partial charge in [0.2, 0.25) is 5.91 Å². The first-order valence-corrected chi connectivity index (χ1v) is 12.3. The van der Waals surface area contributed by atoms with Crippen molar-refractivity contribution in [2.75, 3.05) is 32.0 Å². The molecular weight excluding hydrogens is 446 g/mol. The van der Waals surface area contributed by atoms with Gasteiger partial charge in [-0.2, -0.15) is 4.91 Å². The highest BCUT2D eigenvalue weighted by Gasteiger charge is 2.26. The van der Waals surface area contributed by atoms with Crippen molar-refractivity contribution in [3.63, 3.8) is 0 Å². The number of anilines is 1. The second kappa shape index (κ2) is 11.8. The predicted octanol–water partition coefficient (Wildman–Crippen LogP) is 2.12. The Labute approximate surface area is 205 Å². The lowest BCUT2D eigenvalue weighted by atomic mass is 9.85.